The van der Waals surface area contributed by atoms with Gasteiger partial charge in [-0.2, -0.15) is 4.80 Å². The first-order valence-corrected chi connectivity index (χ1v) is 12.1. The molecular weight excluding hydrogens is 404 g/mol. The molecule has 0 saturated carbocycles. The fourth-order valence-electron chi connectivity index (χ4n) is 4.83. The molecule has 2 unspecified atom stereocenters. The number of tetrazole rings is 1. The highest BCUT2D eigenvalue weighted by Gasteiger charge is 2.32. The molecule has 2 aromatic rings. The summed E-state index contributed by atoms with van der Waals surface area (Å²) in [5.41, 5.74) is 0.998. The van der Waals surface area contributed by atoms with Crippen LogP contribution < -0.4 is 0 Å². The Kier molecular flexibility index (Phi) is 7.86. The summed E-state index contributed by atoms with van der Waals surface area (Å²) in [7, 11) is 0. The average molecular weight is 441 g/mol. The van der Waals surface area contributed by atoms with Gasteiger partial charge in [-0.15, -0.1) is 10.2 Å². The Balaban J connectivity index is 1.11. The number of morpholine rings is 1. The van der Waals surface area contributed by atoms with E-state index in [-0.39, 0.29) is 18.1 Å². The molecule has 8 nitrogen and oxygen atoms in total. The lowest BCUT2D eigenvalue weighted by molar-refractivity contribution is -0.148. The second-order valence-corrected chi connectivity index (χ2v) is 9.25. The minimum absolute atomic E-state index is 0.139. The molecule has 2 fully saturated rings. The Morgan fingerprint density at radius 1 is 1.00 bits per heavy atom. The predicted molar refractivity (Wildman–Crippen MR) is 123 cm³/mol. The van der Waals surface area contributed by atoms with Gasteiger partial charge in [-0.05, 0) is 64.4 Å². The minimum Gasteiger partial charge on any atom is -0.372 e. The van der Waals surface area contributed by atoms with Crippen LogP contribution in [0.15, 0.2) is 30.3 Å². The molecule has 174 valence electrons. The van der Waals surface area contributed by atoms with Crippen molar-refractivity contribution < 1.29 is 9.53 Å². The highest BCUT2D eigenvalue weighted by molar-refractivity contribution is 5.79. The smallest absolute Gasteiger partial charge is 0.225 e. The van der Waals surface area contributed by atoms with Crippen molar-refractivity contribution in [3.05, 3.63) is 30.3 Å². The first-order valence-electron chi connectivity index (χ1n) is 12.1. The summed E-state index contributed by atoms with van der Waals surface area (Å²) in [6.45, 7) is 9.53. The minimum atomic E-state index is 0.139. The summed E-state index contributed by atoms with van der Waals surface area (Å²) in [6.07, 6.45) is 5.59. The lowest BCUT2D eigenvalue weighted by atomic mass is 9.94. The number of rotatable bonds is 8. The third-order valence-corrected chi connectivity index (χ3v) is 6.49. The SMILES string of the molecule is CC1CN(C(=O)C2CCN(CCCCCn3nnc(-c4ccccc4)n3)CC2)CC(C)O1. The highest BCUT2D eigenvalue weighted by atomic mass is 16.5. The molecule has 1 aromatic heterocycles. The number of carbonyl (C=O) groups is 1. The van der Waals surface area contributed by atoms with Gasteiger partial charge in [0.15, 0.2) is 0 Å². The van der Waals surface area contributed by atoms with Gasteiger partial charge in [0.1, 0.15) is 0 Å². The van der Waals surface area contributed by atoms with Crippen LogP contribution in [0.1, 0.15) is 46.0 Å². The molecule has 32 heavy (non-hydrogen) atoms. The van der Waals surface area contributed by atoms with Gasteiger partial charge >= 0.3 is 0 Å². The number of ether oxygens (including phenoxy) is 1. The molecule has 0 bridgehead atoms. The molecule has 3 heterocycles. The first kappa shape index (κ1) is 22.9. The number of likely N-dealkylation sites (tertiary alicyclic amines) is 1. The maximum absolute atomic E-state index is 12.9. The van der Waals surface area contributed by atoms with E-state index in [0.717, 1.165) is 76.9 Å². The number of hydrogen-bond donors (Lipinski definition) is 0. The summed E-state index contributed by atoms with van der Waals surface area (Å²) >= 11 is 0. The van der Waals surface area contributed by atoms with Crippen molar-refractivity contribution in [1.29, 1.82) is 0 Å². The second-order valence-electron chi connectivity index (χ2n) is 9.25. The maximum atomic E-state index is 12.9. The zero-order valence-corrected chi connectivity index (χ0v) is 19.4. The summed E-state index contributed by atoms with van der Waals surface area (Å²) < 4.78 is 5.77. The Labute approximate surface area is 190 Å². The lowest BCUT2D eigenvalue weighted by Gasteiger charge is -2.39. The van der Waals surface area contributed by atoms with E-state index >= 15 is 0 Å². The van der Waals surface area contributed by atoms with Gasteiger partial charge in [0.2, 0.25) is 11.7 Å². The van der Waals surface area contributed by atoms with Crippen LogP contribution in [0, 0.1) is 5.92 Å². The zero-order valence-electron chi connectivity index (χ0n) is 19.4. The van der Waals surface area contributed by atoms with Gasteiger partial charge in [-0.3, -0.25) is 4.79 Å². The van der Waals surface area contributed by atoms with E-state index in [2.05, 4.69) is 34.2 Å². The number of amides is 1. The molecular formula is C24H36N6O2. The molecule has 2 saturated heterocycles. The van der Waals surface area contributed by atoms with Gasteiger partial charge in [0.25, 0.3) is 0 Å². The van der Waals surface area contributed by atoms with Crippen molar-refractivity contribution in [2.24, 2.45) is 5.92 Å². The quantitative estimate of drug-likeness (QED) is 0.588. The van der Waals surface area contributed by atoms with Gasteiger partial charge in [-0.1, -0.05) is 36.8 Å². The van der Waals surface area contributed by atoms with Crippen LogP contribution in [0.3, 0.4) is 0 Å². The molecule has 8 heteroatoms. The van der Waals surface area contributed by atoms with Crippen molar-refractivity contribution in [1.82, 2.24) is 30.0 Å². The monoisotopic (exact) mass is 440 g/mol. The maximum Gasteiger partial charge on any atom is 0.225 e. The number of aromatic nitrogens is 4. The number of benzene rings is 1. The fraction of sp³-hybridized carbons (Fsp3) is 0.667. The Morgan fingerprint density at radius 3 is 2.41 bits per heavy atom. The Hall–Kier alpha value is -2.32. The van der Waals surface area contributed by atoms with Crippen LogP contribution >= 0.6 is 0 Å². The molecule has 2 atom stereocenters. The molecule has 0 spiro atoms. The number of aryl methyl sites for hydroxylation is 1. The van der Waals surface area contributed by atoms with E-state index < -0.39 is 0 Å². The molecule has 2 aliphatic heterocycles. The number of piperidine rings is 1. The summed E-state index contributed by atoms with van der Waals surface area (Å²) in [6, 6.07) is 9.95. The number of nitrogens with zero attached hydrogens (tertiary/aromatic N) is 6. The third kappa shape index (κ3) is 6.13. The van der Waals surface area contributed by atoms with Crippen molar-refractivity contribution in [3.63, 3.8) is 0 Å². The molecule has 1 amide bonds. The molecule has 2 aliphatic rings. The lowest BCUT2D eigenvalue weighted by Crippen LogP contribution is -2.51. The van der Waals surface area contributed by atoms with Crippen LogP contribution in [0.2, 0.25) is 0 Å². The summed E-state index contributed by atoms with van der Waals surface area (Å²) in [4.78, 5) is 19.1. The van der Waals surface area contributed by atoms with Crippen LogP contribution in [-0.4, -0.2) is 80.8 Å². The average Bonchev–Trinajstić information content (AvgIpc) is 3.28. The van der Waals surface area contributed by atoms with Crippen LogP contribution in [0.5, 0.6) is 0 Å². The number of hydrogen-bond acceptors (Lipinski definition) is 6. The van der Waals surface area contributed by atoms with Crippen molar-refractivity contribution in [3.8, 4) is 11.4 Å². The van der Waals surface area contributed by atoms with Gasteiger partial charge < -0.3 is 14.5 Å². The van der Waals surface area contributed by atoms with Crippen LogP contribution in [0.4, 0.5) is 0 Å². The molecule has 0 aliphatic carbocycles. The van der Waals surface area contributed by atoms with E-state index in [1.807, 2.05) is 35.2 Å². The Bertz CT molecular complexity index is 839. The fourth-order valence-corrected chi connectivity index (χ4v) is 4.83. The topological polar surface area (TPSA) is 76.4 Å². The van der Waals surface area contributed by atoms with Crippen molar-refractivity contribution in [2.45, 2.75) is 64.7 Å². The van der Waals surface area contributed by atoms with E-state index in [1.54, 1.807) is 4.80 Å². The van der Waals surface area contributed by atoms with Crippen LogP contribution in [-0.2, 0) is 16.1 Å². The predicted octanol–water partition coefficient (Wildman–Crippen LogP) is 2.86. The molecule has 1 aromatic carbocycles. The number of unbranched alkanes of at least 4 members (excludes halogenated alkanes) is 2. The number of carbonyl (C=O) groups excluding carboxylic acids is 1. The van der Waals surface area contributed by atoms with Crippen molar-refractivity contribution in [2.75, 3.05) is 32.7 Å². The van der Waals surface area contributed by atoms with E-state index in [9.17, 15) is 4.79 Å². The van der Waals surface area contributed by atoms with E-state index in [1.165, 1.54) is 0 Å². The summed E-state index contributed by atoms with van der Waals surface area (Å²) in [5.74, 6) is 1.20. The van der Waals surface area contributed by atoms with Crippen molar-refractivity contribution >= 4 is 5.91 Å². The summed E-state index contributed by atoms with van der Waals surface area (Å²) in [5, 5.41) is 12.8. The zero-order chi connectivity index (χ0) is 22.3. The highest BCUT2D eigenvalue weighted by Crippen LogP contribution is 2.22. The van der Waals surface area contributed by atoms with Crippen LogP contribution in [0.25, 0.3) is 11.4 Å². The molecule has 0 radical (unpaired) electrons. The van der Waals surface area contributed by atoms with E-state index in [0.29, 0.717) is 11.7 Å². The molecule has 0 N–H and O–H groups in total. The molecule has 4 rings (SSSR count). The van der Waals surface area contributed by atoms with Gasteiger partial charge in [-0.25, -0.2) is 0 Å². The van der Waals surface area contributed by atoms with Gasteiger partial charge in [0.05, 0.1) is 18.8 Å². The first-order chi connectivity index (χ1) is 15.6. The second kappa shape index (κ2) is 11.0. The largest absolute Gasteiger partial charge is 0.372 e. The Morgan fingerprint density at radius 2 is 1.69 bits per heavy atom. The third-order valence-electron chi connectivity index (χ3n) is 6.49. The van der Waals surface area contributed by atoms with Gasteiger partial charge in [0, 0.05) is 24.6 Å². The standard InChI is InChI=1S/C24H36N6O2/c1-19-17-29(18-20(2)32-19)24(31)22-11-15-28(16-12-22)13-7-4-8-14-30-26-23(25-27-30)21-9-5-3-6-10-21/h3,5-6,9-10,19-20,22H,4,7-8,11-18H2,1-2H3. The normalized spacial score (nSPS) is 22.9. The van der Waals surface area contributed by atoms with E-state index in [4.69, 9.17) is 4.74 Å².